The standard InChI is InChI=1S/C17H24FN3O2/c1-11(2)15(17(23)20-14-7-9-19-10-8-14)21-16(22)12-3-5-13(18)6-4-12/h3-6,11,14-15,19H,7-10H2,1-2H3,(H,20,23)(H,21,22). The summed E-state index contributed by atoms with van der Waals surface area (Å²) in [6.07, 6.45) is 1.78. The molecule has 0 aromatic heterocycles. The van der Waals surface area contributed by atoms with Crippen LogP contribution in [0.3, 0.4) is 0 Å². The first kappa shape index (κ1) is 17.4. The van der Waals surface area contributed by atoms with Crippen LogP contribution >= 0.6 is 0 Å². The summed E-state index contributed by atoms with van der Waals surface area (Å²) in [6, 6.07) is 4.82. The Morgan fingerprint density at radius 3 is 2.35 bits per heavy atom. The first-order valence-electron chi connectivity index (χ1n) is 8.05. The molecule has 0 spiro atoms. The minimum Gasteiger partial charge on any atom is -0.351 e. The monoisotopic (exact) mass is 321 g/mol. The molecule has 1 aliphatic heterocycles. The number of carbonyl (C=O) groups is 2. The van der Waals surface area contributed by atoms with Crippen LogP contribution in [0.1, 0.15) is 37.0 Å². The molecule has 1 unspecified atom stereocenters. The molecule has 1 aromatic rings. The van der Waals surface area contributed by atoms with Crippen molar-refractivity contribution in [3.8, 4) is 0 Å². The third-order valence-electron chi connectivity index (χ3n) is 4.03. The topological polar surface area (TPSA) is 70.2 Å². The van der Waals surface area contributed by atoms with E-state index >= 15 is 0 Å². The molecule has 0 aliphatic carbocycles. The van der Waals surface area contributed by atoms with Crippen molar-refractivity contribution in [2.75, 3.05) is 13.1 Å². The summed E-state index contributed by atoms with van der Waals surface area (Å²) in [5.74, 6) is -0.974. The van der Waals surface area contributed by atoms with E-state index < -0.39 is 11.9 Å². The molecule has 0 bridgehead atoms. The smallest absolute Gasteiger partial charge is 0.251 e. The lowest BCUT2D eigenvalue weighted by atomic mass is 10.0. The number of rotatable bonds is 5. The van der Waals surface area contributed by atoms with Gasteiger partial charge in [-0.25, -0.2) is 4.39 Å². The molecule has 23 heavy (non-hydrogen) atoms. The number of halogens is 1. The first-order valence-corrected chi connectivity index (χ1v) is 8.05. The molecule has 3 N–H and O–H groups in total. The lowest BCUT2D eigenvalue weighted by Crippen LogP contribution is -2.53. The van der Waals surface area contributed by atoms with Gasteiger partial charge in [-0.2, -0.15) is 0 Å². The maximum Gasteiger partial charge on any atom is 0.251 e. The Kier molecular flexibility index (Phi) is 6.10. The quantitative estimate of drug-likeness (QED) is 0.769. The van der Waals surface area contributed by atoms with E-state index in [9.17, 15) is 14.0 Å². The van der Waals surface area contributed by atoms with Gasteiger partial charge < -0.3 is 16.0 Å². The molecule has 1 saturated heterocycles. The van der Waals surface area contributed by atoms with Gasteiger partial charge in [0, 0.05) is 11.6 Å². The minimum absolute atomic E-state index is 0.0406. The van der Waals surface area contributed by atoms with Crippen molar-refractivity contribution in [3.05, 3.63) is 35.6 Å². The van der Waals surface area contributed by atoms with Crippen molar-refractivity contribution in [1.82, 2.24) is 16.0 Å². The minimum atomic E-state index is -0.609. The summed E-state index contributed by atoms with van der Waals surface area (Å²) in [6.45, 7) is 5.55. The summed E-state index contributed by atoms with van der Waals surface area (Å²) in [7, 11) is 0. The van der Waals surface area contributed by atoms with E-state index in [1.165, 1.54) is 24.3 Å². The van der Waals surface area contributed by atoms with Crippen LogP contribution in [-0.4, -0.2) is 37.0 Å². The van der Waals surface area contributed by atoms with Gasteiger partial charge in [0.1, 0.15) is 11.9 Å². The molecule has 1 heterocycles. The zero-order valence-electron chi connectivity index (χ0n) is 13.6. The number of hydrogen-bond acceptors (Lipinski definition) is 3. The van der Waals surface area contributed by atoms with Crippen molar-refractivity contribution < 1.29 is 14.0 Å². The molecule has 1 fully saturated rings. The molecule has 0 saturated carbocycles. The van der Waals surface area contributed by atoms with Crippen LogP contribution in [0.25, 0.3) is 0 Å². The van der Waals surface area contributed by atoms with Gasteiger partial charge in [0.15, 0.2) is 0 Å². The highest BCUT2D eigenvalue weighted by molar-refractivity contribution is 5.97. The van der Waals surface area contributed by atoms with E-state index in [2.05, 4.69) is 16.0 Å². The average molecular weight is 321 g/mol. The van der Waals surface area contributed by atoms with E-state index in [0.29, 0.717) is 5.56 Å². The zero-order valence-corrected chi connectivity index (χ0v) is 13.6. The van der Waals surface area contributed by atoms with Crippen LogP contribution in [0.2, 0.25) is 0 Å². The Hall–Kier alpha value is -1.95. The Morgan fingerprint density at radius 1 is 1.17 bits per heavy atom. The van der Waals surface area contributed by atoms with Crippen molar-refractivity contribution in [3.63, 3.8) is 0 Å². The lowest BCUT2D eigenvalue weighted by Gasteiger charge is -2.28. The zero-order chi connectivity index (χ0) is 16.8. The fourth-order valence-corrected chi connectivity index (χ4v) is 2.62. The molecule has 1 aliphatic rings. The van der Waals surface area contributed by atoms with Gasteiger partial charge in [0.05, 0.1) is 0 Å². The molecule has 5 nitrogen and oxygen atoms in total. The maximum atomic E-state index is 12.9. The fourth-order valence-electron chi connectivity index (χ4n) is 2.62. The second kappa shape index (κ2) is 8.06. The predicted molar refractivity (Wildman–Crippen MR) is 86.5 cm³/mol. The van der Waals surface area contributed by atoms with Gasteiger partial charge in [-0.15, -0.1) is 0 Å². The number of carbonyl (C=O) groups excluding carboxylic acids is 2. The summed E-state index contributed by atoms with van der Waals surface area (Å²) in [4.78, 5) is 24.7. The molecular weight excluding hydrogens is 297 g/mol. The largest absolute Gasteiger partial charge is 0.351 e. The first-order chi connectivity index (χ1) is 11.0. The summed E-state index contributed by atoms with van der Waals surface area (Å²) in [5.41, 5.74) is 0.340. The summed E-state index contributed by atoms with van der Waals surface area (Å²) >= 11 is 0. The van der Waals surface area contributed by atoms with E-state index in [-0.39, 0.29) is 23.8 Å². The highest BCUT2D eigenvalue weighted by atomic mass is 19.1. The number of nitrogens with one attached hydrogen (secondary N) is 3. The van der Waals surface area contributed by atoms with Crippen LogP contribution in [0, 0.1) is 11.7 Å². The van der Waals surface area contributed by atoms with Gasteiger partial charge in [-0.1, -0.05) is 13.8 Å². The van der Waals surface area contributed by atoms with Gasteiger partial charge in [0.2, 0.25) is 5.91 Å². The van der Waals surface area contributed by atoms with E-state index in [1.807, 2.05) is 13.8 Å². The van der Waals surface area contributed by atoms with E-state index in [0.717, 1.165) is 25.9 Å². The number of benzene rings is 1. The predicted octanol–water partition coefficient (Wildman–Crippen LogP) is 1.45. The fraction of sp³-hybridized carbons (Fsp3) is 0.529. The van der Waals surface area contributed by atoms with Crippen LogP contribution in [0.5, 0.6) is 0 Å². The number of piperidine rings is 1. The Balaban J connectivity index is 1.98. The van der Waals surface area contributed by atoms with Gasteiger partial charge in [-0.05, 0) is 56.1 Å². The van der Waals surface area contributed by atoms with E-state index in [1.54, 1.807) is 0 Å². The van der Waals surface area contributed by atoms with Crippen LogP contribution in [0.15, 0.2) is 24.3 Å². The SMILES string of the molecule is CC(C)C(NC(=O)c1ccc(F)cc1)C(=O)NC1CCNCC1. The van der Waals surface area contributed by atoms with Crippen molar-refractivity contribution in [2.24, 2.45) is 5.92 Å². The van der Waals surface area contributed by atoms with Gasteiger partial charge in [0.25, 0.3) is 5.91 Å². The molecular formula is C17H24FN3O2. The van der Waals surface area contributed by atoms with E-state index in [4.69, 9.17) is 0 Å². The van der Waals surface area contributed by atoms with Crippen molar-refractivity contribution in [2.45, 2.75) is 38.8 Å². The molecule has 0 radical (unpaired) electrons. The summed E-state index contributed by atoms with van der Waals surface area (Å²) in [5, 5.41) is 9.01. The van der Waals surface area contributed by atoms with Crippen molar-refractivity contribution in [1.29, 1.82) is 0 Å². The van der Waals surface area contributed by atoms with Crippen LogP contribution in [-0.2, 0) is 4.79 Å². The number of amides is 2. The average Bonchev–Trinajstić information content (AvgIpc) is 2.53. The second-order valence-corrected chi connectivity index (χ2v) is 6.23. The molecule has 1 aromatic carbocycles. The highest BCUT2D eigenvalue weighted by Crippen LogP contribution is 2.09. The molecule has 6 heteroatoms. The van der Waals surface area contributed by atoms with Crippen LogP contribution < -0.4 is 16.0 Å². The Morgan fingerprint density at radius 2 is 1.78 bits per heavy atom. The molecule has 126 valence electrons. The molecule has 2 rings (SSSR count). The third kappa shape index (κ3) is 5.03. The summed E-state index contributed by atoms with van der Waals surface area (Å²) < 4.78 is 12.9. The second-order valence-electron chi connectivity index (χ2n) is 6.23. The maximum absolute atomic E-state index is 12.9. The highest BCUT2D eigenvalue weighted by Gasteiger charge is 2.27. The van der Waals surface area contributed by atoms with Crippen LogP contribution in [0.4, 0.5) is 4.39 Å². The van der Waals surface area contributed by atoms with Crippen molar-refractivity contribution >= 4 is 11.8 Å². The van der Waals surface area contributed by atoms with Gasteiger partial charge in [-0.3, -0.25) is 9.59 Å². The lowest BCUT2D eigenvalue weighted by molar-refractivity contribution is -0.124. The normalized spacial score (nSPS) is 16.9. The molecule has 1 atom stereocenters. The third-order valence-corrected chi connectivity index (χ3v) is 4.03. The van der Waals surface area contributed by atoms with Gasteiger partial charge >= 0.3 is 0 Å². The Labute approximate surface area is 136 Å². The number of hydrogen-bond donors (Lipinski definition) is 3. The Bertz CT molecular complexity index is 539. The molecule has 2 amide bonds.